The van der Waals surface area contributed by atoms with E-state index in [2.05, 4.69) is 24.2 Å². The third kappa shape index (κ3) is 4.60. The number of hydrogen-bond acceptors (Lipinski definition) is 4. The molecule has 0 radical (unpaired) electrons. The lowest BCUT2D eigenvalue weighted by Gasteiger charge is -2.10. The highest BCUT2D eigenvalue weighted by Crippen LogP contribution is 2.21. The molecule has 3 nitrogen and oxygen atoms in total. The van der Waals surface area contributed by atoms with E-state index in [9.17, 15) is 0 Å². The standard InChI is InChI=1S/C12H22N2OS/c1-4-15-6-5-12-14-11(8-16-12)10(13)7-9(2)3/h8-10H,4-7,13H2,1-3H3. The van der Waals surface area contributed by atoms with Crippen molar-refractivity contribution in [3.05, 3.63) is 16.1 Å². The SMILES string of the molecule is CCOCCc1nc(C(N)CC(C)C)cs1. The van der Waals surface area contributed by atoms with Crippen LogP contribution in [0.3, 0.4) is 0 Å². The molecule has 16 heavy (non-hydrogen) atoms. The Balaban J connectivity index is 2.44. The van der Waals surface area contributed by atoms with Crippen molar-refractivity contribution >= 4 is 11.3 Å². The van der Waals surface area contributed by atoms with Crippen molar-refractivity contribution in [1.29, 1.82) is 0 Å². The fourth-order valence-corrected chi connectivity index (χ4v) is 2.39. The van der Waals surface area contributed by atoms with E-state index in [0.29, 0.717) is 5.92 Å². The summed E-state index contributed by atoms with van der Waals surface area (Å²) in [5.74, 6) is 0.614. The predicted octanol–water partition coefficient (Wildman–Crippen LogP) is 2.77. The van der Waals surface area contributed by atoms with Crippen LogP contribution in [0.2, 0.25) is 0 Å². The highest BCUT2D eigenvalue weighted by molar-refractivity contribution is 7.09. The molecule has 92 valence electrons. The van der Waals surface area contributed by atoms with Gasteiger partial charge in [-0.3, -0.25) is 0 Å². The van der Waals surface area contributed by atoms with Crippen LogP contribution in [-0.4, -0.2) is 18.2 Å². The molecule has 0 aliphatic heterocycles. The Labute approximate surface area is 102 Å². The second-order valence-electron chi connectivity index (χ2n) is 4.35. The summed E-state index contributed by atoms with van der Waals surface area (Å²) in [5, 5.41) is 3.21. The number of nitrogens with two attached hydrogens (primary N) is 1. The molecule has 1 aromatic rings. The first-order valence-corrected chi connectivity index (χ1v) is 6.79. The van der Waals surface area contributed by atoms with E-state index < -0.39 is 0 Å². The van der Waals surface area contributed by atoms with Crippen molar-refractivity contribution in [1.82, 2.24) is 4.98 Å². The van der Waals surface area contributed by atoms with Crippen LogP contribution >= 0.6 is 11.3 Å². The predicted molar refractivity (Wildman–Crippen MR) is 68.7 cm³/mol. The first kappa shape index (κ1) is 13.6. The van der Waals surface area contributed by atoms with Crippen LogP contribution in [0.1, 0.15) is 43.9 Å². The Hall–Kier alpha value is -0.450. The molecule has 0 aromatic carbocycles. The maximum absolute atomic E-state index is 6.08. The van der Waals surface area contributed by atoms with Gasteiger partial charge in [0, 0.05) is 24.4 Å². The molecular weight excluding hydrogens is 220 g/mol. The van der Waals surface area contributed by atoms with Crippen LogP contribution in [-0.2, 0) is 11.2 Å². The molecule has 4 heteroatoms. The number of rotatable bonds is 7. The van der Waals surface area contributed by atoms with Gasteiger partial charge in [0.25, 0.3) is 0 Å². The largest absolute Gasteiger partial charge is 0.381 e. The summed E-state index contributed by atoms with van der Waals surface area (Å²) < 4.78 is 5.31. The maximum atomic E-state index is 6.08. The third-order valence-electron chi connectivity index (χ3n) is 2.34. The van der Waals surface area contributed by atoms with Gasteiger partial charge in [0.15, 0.2) is 0 Å². The second kappa shape index (κ2) is 6.99. The van der Waals surface area contributed by atoms with Crippen LogP contribution in [0.15, 0.2) is 5.38 Å². The van der Waals surface area contributed by atoms with Crippen LogP contribution in [0.4, 0.5) is 0 Å². The maximum Gasteiger partial charge on any atom is 0.0951 e. The van der Waals surface area contributed by atoms with Gasteiger partial charge in [0.2, 0.25) is 0 Å². The van der Waals surface area contributed by atoms with E-state index in [1.807, 2.05) is 6.92 Å². The number of hydrogen-bond donors (Lipinski definition) is 1. The number of ether oxygens (including phenoxy) is 1. The van der Waals surface area contributed by atoms with Gasteiger partial charge in [-0.25, -0.2) is 4.98 Å². The van der Waals surface area contributed by atoms with E-state index in [1.54, 1.807) is 11.3 Å². The minimum absolute atomic E-state index is 0.0806. The number of thiazole rings is 1. The molecule has 1 unspecified atom stereocenters. The van der Waals surface area contributed by atoms with E-state index >= 15 is 0 Å². The molecule has 0 saturated carbocycles. The Morgan fingerprint density at radius 3 is 2.88 bits per heavy atom. The average Bonchev–Trinajstić information content (AvgIpc) is 2.66. The molecule has 1 aromatic heterocycles. The zero-order valence-electron chi connectivity index (χ0n) is 10.4. The lowest BCUT2D eigenvalue weighted by Crippen LogP contribution is -2.13. The van der Waals surface area contributed by atoms with Crippen molar-refractivity contribution in [3.8, 4) is 0 Å². The van der Waals surface area contributed by atoms with Crippen molar-refractivity contribution in [2.75, 3.05) is 13.2 Å². The Kier molecular flexibility index (Phi) is 5.95. The first-order valence-electron chi connectivity index (χ1n) is 5.91. The average molecular weight is 242 g/mol. The van der Waals surface area contributed by atoms with Crippen LogP contribution < -0.4 is 5.73 Å². The van der Waals surface area contributed by atoms with Crippen molar-refractivity contribution in [2.24, 2.45) is 11.7 Å². The van der Waals surface area contributed by atoms with Gasteiger partial charge >= 0.3 is 0 Å². The van der Waals surface area contributed by atoms with Gasteiger partial charge in [-0.2, -0.15) is 0 Å². The number of nitrogens with zero attached hydrogens (tertiary/aromatic N) is 1. The molecular formula is C12H22N2OS. The molecule has 0 aliphatic rings. The fourth-order valence-electron chi connectivity index (χ4n) is 1.54. The van der Waals surface area contributed by atoms with Crippen LogP contribution in [0, 0.1) is 5.92 Å². The topological polar surface area (TPSA) is 48.1 Å². The second-order valence-corrected chi connectivity index (χ2v) is 5.29. The number of aromatic nitrogens is 1. The highest BCUT2D eigenvalue weighted by atomic mass is 32.1. The van der Waals surface area contributed by atoms with Gasteiger partial charge in [0.1, 0.15) is 0 Å². The summed E-state index contributed by atoms with van der Waals surface area (Å²) in [6.07, 6.45) is 1.89. The van der Waals surface area contributed by atoms with E-state index in [4.69, 9.17) is 10.5 Å². The molecule has 0 fully saturated rings. The normalized spacial score (nSPS) is 13.3. The van der Waals surface area contributed by atoms with Crippen molar-refractivity contribution in [2.45, 2.75) is 39.7 Å². The lowest BCUT2D eigenvalue weighted by molar-refractivity contribution is 0.151. The van der Waals surface area contributed by atoms with E-state index in [-0.39, 0.29) is 6.04 Å². The molecule has 0 saturated heterocycles. The summed E-state index contributed by atoms with van der Waals surface area (Å²) >= 11 is 1.68. The van der Waals surface area contributed by atoms with Gasteiger partial charge in [-0.05, 0) is 19.3 Å². The van der Waals surface area contributed by atoms with Gasteiger partial charge in [-0.15, -0.1) is 11.3 Å². The lowest BCUT2D eigenvalue weighted by atomic mass is 10.0. The molecule has 0 amide bonds. The van der Waals surface area contributed by atoms with Crippen LogP contribution in [0.5, 0.6) is 0 Å². The summed E-state index contributed by atoms with van der Waals surface area (Å²) in [7, 11) is 0. The first-order chi connectivity index (χ1) is 7.63. The third-order valence-corrected chi connectivity index (χ3v) is 3.27. The molecule has 0 spiro atoms. The minimum Gasteiger partial charge on any atom is -0.381 e. The Bertz CT molecular complexity index is 299. The van der Waals surface area contributed by atoms with Gasteiger partial charge in [0.05, 0.1) is 17.3 Å². The summed E-state index contributed by atoms with van der Waals surface area (Å²) in [5.41, 5.74) is 7.11. The van der Waals surface area contributed by atoms with Gasteiger partial charge in [-0.1, -0.05) is 13.8 Å². The summed E-state index contributed by atoms with van der Waals surface area (Å²) in [4.78, 5) is 4.55. The zero-order chi connectivity index (χ0) is 12.0. The smallest absolute Gasteiger partial charge is 0.0951 e. The molecule has 1 heterocycles. The molecule has 0 aliphatic carbocycles. The fraction of sp³-hybridized carbons (Fsp3) is 0.750. The minimum atomic E-state index is 0.0806. The summed E-state index contributed by atoms with van der Waals surface area (Å²) in [6, 6.07) is 0.0806. The summed E-state index contributed by atoms with van der Waals surface area (Å²) in [6.45, 7) is 7.89. The van der Waals surface area contributed by atoms with Gasteiger partial charge < -0.3 is 10.5 Å². The molecule has 1 atom stereocenters. The quantitative estimate of drug-likeness (QED) is 0.748. The van der Waals surface area contributed by atoms with E-state index in [0.717, 1.165) is 36.8 Å². The Morgan fingerprint density at radius 2 is 2.25 bits per heavy atom. The zero-order valence-corrected chi connectivity index (χ0v) is 11.2. The molecule has 2 N–H and O–H groups in total. The van der Waals surface area contributed by atoms with Crippen molar-refractivity contribution in [3.63, 3.8) is 0 Å². The van der Waals surface area contributed by atoms with Crippen molar-refractivity contribution < 1.29 is 4.74 Å². The monoisotopic (exact) mass is 242 g/mol. The van der Waals surface area contributed by atoms with E-state index in [1.165, 1.54) is 0 Å². The van der Waals surface area contributed by atoms with Crippen LogP contribution in [0.25, 0.3) is 0 Å². The highest BCUT2D eigenvalue weighted by Gasteiger charge is 2.12. The molecule has 0 bridgehead atoms. The molecule has 1 rings (SSSR count). The Morgan fingerprint density at radius 1 is 1.50 bits per heavy atom.